The number of rotatable bonds is 8. The van der Waals surface area contributed by atoms with E-state index < -0.39 is 16.1 Å². The fourth-order valence-corrected chi connectivity index (χ4v) is 12.7. The molecular weight excluding hydrogens is 875 g/mol. The molecule has 1 N–H and O–H groups in total. The molecule has 0 amide bonds. The summed E-state index contributed by atoms with van der Waals surface area (Å²) in [6.45, 7) is 20.3. The summed E-state index contributed by atoms with van der Waals surface area (Å²) >= 11 is 0. The van der Waals surface area contributed by atoms with Gasteiger partial charge in [-0.2, -0.15) is 0 Å². The van der Waals surface area contributed by atoms with Gasteiger partial charge >= 0.3 is 0 Å². The Morgan fingerprint density at radius 1 is 0.833 bits per heavy atom. The number of aliphatic hydroxyl groups excluding tert-OH is 1. The summed E-state index contributed by atoms with van der Waals surface area (Å²) in [4.78, 5) is 21.5. The van der Waals surface area contributed by atoms with Gasteiger partial charge in [0.1, 0.15) is 14.4 Å². The normalized spacial score (nSPS) is 13.8. The number of ketones is 1. The first-order valence-corrected chi connectivity index (χ1v) is 25.9. The van der Waals surface area contributed by atoms with Crippen LogP contribution in [0.4, 0.5) is 0 Å². The monoisotopic (exact) mass is 927 g/mol. The van der Waals surface area contributed by atoms with E-state index in [1.54, 1.807) is 6.33 Å². The van der Waals surface area contributed by atoms with E-state index >= 15 is 0 Å². The van der Waals surface area contributed by atoms with Gasteiger partial charge in [0.25, 0.3) is 0 Å². The number of allylic oxidation sites excluding steroid dienone is 2. The molecule has 2 aliphatic heterocycles. The first-order valence-electron chi connectivity index (χ1n) is 19.4. The van der Waals surface area contributed by atoms with Gasteiger partial charge in [-0.05, 0) is 64.9 Å². The molecule has 0 saturated heterocycles. The number of nitrogens with zero attached hydrogens (tertiary/aromatic N) is 3. The Labute approximate surface area is 336 Å². The van der Waals surface area contributed by atoms with Gasteiger partial charge in [-0.3, -0.25) is 9.78 Å². The number of fused-ring (bicyclic) bond motifs is 11. The summed E-state index contributed by atoms with van der Waals surface area (Å²) < 4.78 is 2.46. The summed E-state index contributed by atoms with van der Waals surface area (Å²) in [5.74, 6) is 0.547. The first kappa shape index (κ1) is 39.7. The Morgan fingerprint density at radius 2 is 1.52 bits per heavy atom. The van der Waals surface area contributed by atoms with Crippen molar-refractivity contribution in [2.24, 2.45) is 11.8 Å². The summed E-state index contributed by atoms with van der Waals surface area (Å²) in [6, 6.07) is 31.0. The molecule has 0 aliphatic carbocycles. The second-order valence-corrected chi connectivity index (χ2v) is 25.7. The maximum absolute atomic E-state index is 11.7. The number of aliphatic hydroxyl groups is 1. The van der Waals surface area contributed by atoms with Crippen LogP contribution < -0.4 is 15.6 Å². The van der Waals surface area contributed by atoms with Gasteiger partial charge in [0.15, 0.2) is 5.78 Å². The van der Waals surface area contributed by atoms with Crippen LogP contribution in [0.2, 0.25) is 32.7 Å². The molecule has 281 valence electrons. The van der Waals surface area contributed by atoms with Crippen LogP contribution in [0.1, 0.15) is 53.4 Å². The Balaban J connectivity index is 0.000000267. The van der Waals surface area contributed by atoms with Crippen LogP contribution in [-0.2, 0) is 24.9 Å². The molecular formula is C46H52IrN3O2Si2-. The zero-order valence-corrected chi connectivity index (χ0v) is 37.5. The van der Waals surface area contributed by atoms with Crippen LogP contribution in [0.5, 0.6) is 0 Å². The summed E-state index contributed by atoms with van der Waals surface area (Å²) in [7, 11) is -3.37. The Kier molecular flexibility index (Phi) is 11.3. The summed E-state index contributed by atoms with van der Waals surface area (Å²) in [5.41, 5.74) is 11.8. The van der Waals surface area contributed by atoms with Crippen LogP contribution >= 0.6 is 0 Å². The molecule has 0 spiro atoms. The summed E-state index contributed by atoms with van der Waals surface area (Å²) in [6.07, 6.45) is 6.63. The topological polar surface area (TPSA) is 68.0 Å². The van der Waals surface area contributed by atoms with E-state index in [4.69, 9.17) is 9.97 Å². The average molecular weight is 927 g/mol. The molecule has 0 bridgehead atoms. The van der Waals surface area contributed by atoms with Gasteiger partial charge in [-0.15, -0.1) is 29.8 Å². The van der Waals surface area contributed by atoms with Gasteiger partial charge in [-0.1, -0.05) is 114 Å². The minimum Gasteiger partial charge on any atom is -0.512 e. The Bertz CT molecular complexity index is 2420. The smallest absolute Gasteiger partial charge is 0.162 e. The van der Waals surface area contributed by atoms with Crippen LogP contribution in [0.25, 0.3) is 61.1 Å². The maximum atomic E-state index is 11.7. The standard InChI is InChI=1S/C33H28N3Si2.C13H24O2.Ir/c1-37(2,3)20-14-15-24-27(16-20)36-28-17-26-22-11-8-9-13-29(22)38(4,5)30(26)18-25(28)21-10-6-7-12-23(21)31-33(36)32(24)35-19-34-31;1-5-10(6-2)12(14)9-13(15)11(7-3)8-4;/h6-11,13-19H,1-5H3;9-11,14H,5-8H2,1-4H3;/q-1;;/b;12-9-;. The van der Waals surface area contributed by atoms with Crippen LogP contribution in [0.15, 0.2) is 91.0 Å². The maximum Gasteiger partial charge on any atom is 0.162 e. The van der Waals surface area contributed by atoms with Gasteiger partial charge in [0.2, 0.25) is 0 Å². The summed E-state index contributed by atoms with van der Waals surface area (Å²) in [5, 5.41) is 15.4. The second kappa shape index (κ2) is 15.3. The number of benzene rings is 4. The van der Waals surface area contributed by atoms with Crippen molar-refractivity contribution in [2.45, 2.75) is 86.1 Å². The van der Waals surface area contributed by atoms with Crippen molar-refractivity contribution in [2.75, 3.05) is 0 Å². The van der Waals surface area contributed by atoms with Crippen molar-refractivity contribution in [3.8, 4) is 39.2 Å². The molecule has 1 radical (unpaired) electrons. The molecule has 6 aromatic rings. The molecule has 4 aromatic carbocycles. The van der Waals surface area contributed by atoms with Crippen molar-refractivity contribution in [3.63, 3.8) is 0 Å². The number of hydrogen-bond acceptors (Lipinski definition) is 4. The van der Waals surface area contributed by atoms with Gasteiger partial charge in [0.05, 0.1) is 30.4 Å². The van der Waals surface area contributed by atoms with Gasteiger partial charge in [0, 0.05) is 54.8 Å². The third-order valence-electron chi connectivity index (χ3n) is 11.8. The number of carbonyl (C=O) groups is 1. The van der Waals surface area contributed by atoms with Gasteiger partial charge < -0.3 is 9.67 Å². The predicted octanol–water partition coefficient (Wildman–Crippen LogP) is 10.2. The Morgan fingerprint density at radius 3 is 2.20 bits per heavy atom. The molecule has 0 unspecified atom stereocenters. The van der Waals surface area contributed by atoms with E-state index in [9.17, 15) is 9.90 Å². The first-order chi connectivity index (χ1) is 25.3. The molecule has 54 heavy (non-hydrogen) atoms. The van der Waals surface area contributed by atoms with E-state index in [1.165, 1.54) is 60.5 Å². The molecule has 0 fully saturated rings. The molecule has 2 aliphatic rings. The predicted molar refractivity (Wildman–Crippen MR) is 229 cm³/mol. The van der Waals surface area contributed by atoms with E-state index in [2.05, 4.69) is 110 Å². The number of aromatic nitrogens is 3. The average Bonchev–Trinajstić information content (AvgIpc) is 3.55. The molecule has 0 saturated carbocycles. The molecule has 5 nitrogen and oxygen atoms in total. The third kappa shape index (κ3) is 6.59. The molecule has 0 atom stereocenters. The van der Waals surface area contributed by atoms with Crippen LogP contribution in [-0.4, -0.2) is 41.6 Å². The fourth-order valence-electron chi connectivity index (χ4n) is 8.50. The van der Waals surface area contributed by atoms with E-state index in [0.717, 1.165) is 48.0 Å². The minimum absolute atomic E-state index is 0. The van der Waals surface area contributed by atoms with Crippen molar-refractivity contribution in [1.82, 2.24) is 14.5 Å². The second-order valence-electron chi connectivity index (χ2n) is 16.3. The largest absolute Gasteiger partial charge is 0.512 e. The third-order valence-corrected chi connectivity index (χ3v) is 17.4. The SMILES string of the molecule is CCC(CC)C(=O)/C=C(\O)C(CC)CC.C[Si](C)(C)c1ccc2c3ncnc4c3n(c2c1)-c1cc2c(cc1-c1ccc[c-]c1-4)[Si](C)(C)c1ccccc1-2.[Ir]. The van der Waals surface area contributed by atoms with E-state index in [0.29, 0.717) is 0 Å². The van der Waals surface area contributed by atoms with Crippen LogP contribution in [0.3, 0.4) is 0 Å². The molecule has 8 heteroatoms. The van der Waals surface area contributed by atoms with Crippen molar-refractivity contribution >= 4 is 59.4 Å². The van der Waals surface area contributed by atoms with Crippen molar-refractivity contribution < 1.29 is 30.0 Å². The fraction of sp³-hybridized carbons (Fsp3) is 0.326. The molecule has 8 rings (SSSR count). The zero-order valence-electron chi connectivity index (χ0n) is 33.1. The van der Waals surface area contributed by atoms with Crippen molar-refractivity contribution in [3.05, 3.63) is 97.0 Å². The van der Waals surface area contributed by atoms with Crippen LogP contribution in [0, 0.1) is 17.9 Å². The van der Waals surface area contributed by atoms with Crippen molar-refractivity contribution in [1.29, 1.82) is 0 Å². The minimum atomic E-state index is -1.83. The molecule has 4 heterocycles. The molecule has 2 aromatic heterocycles. The number of carbonyl (C=O) groups excluding carboxylic acids is 1. The quantitative estimate of drug-likeness (QED) is 0.0714. The Hall–Kier alpha value is -3.95. The van der Waals surface area contributed by atoms with E-state index in [1.807, 2.05) is 33.8 Å². The zero-order chi connectivity index (χ0) is 37.8. The van der Waals surface area contributed by atoms with E-state index in [-0.39, 0.29) is 43.5 Å². The number of hydrogen-bond donors (Lipinski definition) is 1. The van der Waals surface area contributed by atoms with Gasteiger partial charge in [-0.25, -0.2) is 4.98 Å².